The largest absolute Gasteiger partial charge is 0.497 e. The molecule has 15 nitrogen and oxygen atoms in total. The van der Waals surface area contributed by atoms with Gasteiger partial charge in [-0.3, -0.25) is 19.1 Å². The van der Waals surface area contributed by atoms with Gasteiger partial charge in [0.1, 0.15) is 29.5 Å². The van der Waals surface area contributed by atoms with Crippen molar-refractivity contribution in [2.24, 2.45) is 5.92 Å². The third-order valence-electron chi connectivity index (χ3n) is 9.22. The quantitative estimate of drug-likeness (QED) is 0.308. The molecule has 6 rings (SSSR count). The molecule has 5 atom stereocenters. The Morgan fingerprint density at radius 3 is 2.65 bits per heavy atom. The molecule has 2 aliphatic carbocycles. The lowest BCUT2D eigenvalue weighted by Gasteiger charge is -2.29. The fourth-order valence-corrected chi connectivity index (χ4v) is 7.89. The van der Waals surface area contributed by atoms with E-state index in [-0.39, 0.29) is 36.8 Å². The fourth-order valence-electron chi connectivity index (χ4n) is 6.35. The van der Waals surface area contributed by atoms with Crippen LogP contribution in [0.5, 0.6) is 11.6 Å². The number of nitrogens with one attached hydrogen (secondary N) is 3. The lowest BCUT2D eigenvalue weighted by molar-refractivity contribution is -0.141. The molecule has 2 saturated carbocycles. The van der Waals surface area contributed by atoms with E-state index in [4.69, 9.17) is 21.1 Å². The van der Waals surface area contributed by atoms with Gasteiger partial charge in [0.2, 0.25) is 21.8 Å². The number of rotatable bonds is 7. The van der Waals surface area contributed by atoms with E-state index in [2.05, 4.69) is 25.3 Å². The monoisotopic (exact) mass is 704 g/mol. The van der Waals surface area contributed by atoms with E-state index in [1.807, 2.05) is 12.2 Å². The first kappa shape index (κ1) is 33.7. The predicted octanol–water partition coefficient (Wildman–Crippen LogP) is 2.28. The van der Waals surface area contributed by atoms with Crippen molar-refractivity contribution in [3.63, 3.8) is 0 Å². The first-order valence-corrected chi connectivity index (χ1v) is 17.9. The molecule has 2 aromatic rings. The summed E-state index contributed by atoms with van der Waals surface area (Å²) in [4.78, 5) is 63.3. The summed E-state index contributed by atoms with van der Waals surface area (Å²) in [6.45, 7) is -0.124. The molecule has 0 bridgehead atoms. The number of benzene rings is 1. The predicted molar refractivity (Wildman–Crippen MR) is 172 cm³/mol. The summed E-state index contributed by atoms with van der Waals surface area (Å²) < 4.78 is 38.9. The van der Waals surface area contributed by atoms with Gasteiger partial charge < -0.3 is 30.1 Å². The van der Waals surface area contributed by atoms with E-state index in [1.165, 1.54) is 12.0 Å². The van der Waals surface area contributed by atoms with Crippen LogP contribution in [-0.2, 0) is 24.4 Å². The van der Waals surface area contributed by atoms with Crippen molar-refractivity contribution in [3.8, 4) is 11.6 Å². The summed E-state index contributed by atoms with van der Waals surface area (Å²) >= 11 is 6.41. The summed E-state index contributed by atoms with van der Waals surface area (Å²) in [6, 6.07) is 2.72. The highest BCUT2D eigenvalue weighted by molar-refractivity contribution is 7.91. The molecule has 1 aromatic heterocycles. The van der Waals surface area contributed by atoms with Crippen LogP contribution in [0.1, 0.15) is 57.8 Å². The highest BCUT2D eigenvalue weighted by Gasteiger charge is 2.62. The maximum Gasteiger partial charge on any atom is 0.405 e. The zero-order valence-electron chi connectivity index (χ0n) is 26.2. The molecule has 0 radical (unpaired) electrons. The number of nitrogens with zero attached hydrogens (tertiary/aromatic N) is 3. The van der Waals surface area contributed by atoms with Crippen LogP contribution in [0.2, 0.25) is 5.15 Å². The average molecular weight is 705 g/mol. The van der Waals surface area contributed by atoms with Crippen LogP contribution >= 0.6 is 11.6 Å². The molecule has 48 heavy (non-hydrogen) atoms. The lowest BCUT2D eigenvalue weighted by atomic mass is 10.1. The normalized spacial score (nSPS) is 28.6. The third-order valence-corrected chi connectivity index (χ3v) is 11.3. The van der Waals surface area contributed by atoms with Crippen molar-refractivity contribution in [1.82, 2.24) is 30.2 Å². The molecule has 258 valence electrons. The molecule has 4 N–H and O–H groups in total. The minimum Gasteiger partial charge on any atom is -0.497 e. The van der Waals surface area contributed by atoms with Crippen LogP contribution in [0.25, 0.3) is 11.0 Å². The number of ether oxygens (including phenoxy) is 2. The van der Waals surface area contributed by atoms with Crippen LogP contribution in [0.3, 0.4) is 0 Å². The second kappa shape index (κ2) is 13.4. The molecule has 4 aliphatic rings. The third kappa shape index (κ3) is 7.14. The summed E-state index contributed by atoms with van der Waals surface area (Å²) in [7, 11) is -2.39. The zero-order chi connectivity index (χ0) is 34.2. The minimum atomic E-state index is -3.90. The molecule has 1 aromatic carbocycles. The average Bonchev–Trinajstić information content (AvgIpc) is 3.96. The number of aromatic nitrogens is 2. The van der Waals surface area contributed by atoms with Crippen LogP contribution in [0.4, 0.5) is 4.79 Å². The van der Waals surface area contributed by atoms with Crippen molar-refractivity contribution in [2.45, 2.75) is 86.8 Å². The molecule has 0 unspecified atom stereocenters. The number of hydrogen-bond donors (Lipinski definition) is 4. The van der Waals surface area contributed by atoms with Gasteiger partial charge in [-0.25, -0.2) is 23.2 Å². The fraction of sp³-hybridized carbons (Fsp3) is 0.548. The molecule has 3 heterocycles. The standard InChI is InChI=1S/C31H37ClN6O9S/c1-46-18-9-12-21-23(13-18)34-27(25(32)33-21)47-19-14-24-26(39)36-31(29(41)37-48(44,45)20-10-11-20)15-17(31)7-5-3-2-4-6-8-22(35-30(42)43)28(40)38(24)16-19/h5,7,9,12-13,17,19-20,22,24,35H,2-4,6,8,10-11,14-16H2,1H3,(H,36,39)(H,37,41)(H,42,43)/b7-5-/t17-,19-,22+,24+,31-/m1/s1. The van der Waals surface area contributed by atoms with Crippen LogP contribution in [-0.4, -0.2) is 94.8 Å². The molecular weight excluding hydrogens is 668 g/mol. The van der Waals surface area contributed by atoms with Gasteiger partial charge in [-0.05, 0) is 50.7 Å². The van der Waals surface area contributed by atoms with E-state index in [1.54, 1.807) is 18.2 Å². The maximum atomic E-state index is 14.1. The highest BCUT2D eigenvalue weighted by Crippen LogP contribution is 2.46. The summed E-state index contributed by atoms with van der Waals surface area (Å²) in [5.41, 5.74) is -0.610. The van der Waals surface area contributed by atoms with E-state index in [0.29, 0.717) is 48.9 Å². The van der Waals surface area contributed by atoms with Gasteiger partial charge in [0.05, 0.1) is 29.9 Å². The Morgan fingerprint density at radius 1 is 1.12 bits per heavy atom. The lowest BCUT2D eigenvalue weighted by Crippen LogP contribution is -2.58. The number of sulfonamides is 1. The first-order valence-electron chi connectivity index (χ1n) is 15.9. The second-order valence-electron chi connectivity index (χ2n) is 12.7. The number of carboxylic acid groups (broad SMARTS) is 1. The van der Waals surface area contributed by atoms with Crippen LogP contribution < -0.4 is 24.8 Å². The maximum absolute atomic E-state index is 14.1. The van der Waals surface area contributed by atoms with Gasteiger partial charge in [0.15, 0.2) is 5.15 Å². The number of fused-ring (bicyclic) bond motifs is 3. The van der Waals surface area contributed by atoms with Gasteiger partial charge in [0, 0.05) is 18.4 Å². The van der Waals surface area contributed by atoms with Gasteiger partial charge >= 0.3 is 6.09 Å². The molecule has 17 heteroatoms. The van der Waals surface area contributed by atoms with Crippen molar-refractivity contribution >= 4 is 56.5 Å². The minimum absolute atomic E-state index is 0.0354. The SMILES string of the molecule is COc1ccc2nc(Cl)c(O[C@@H]3C[C@H]4C(=O)N[C@]5(C(=O)NS(=O)(=O)C6CC6)C[C@H]5/C=C\CCCCC[C@H](NC(=O)O)C(=O)N4C3)nc2c1. The van der Waals surface area contributed by atoms with Gasteiger partial charge in [-0.2, -0.15) is 0 Å². The Morgan fingerprint density at radius 2 is 1.92 bits per heavy atom. The van der Waals surface area contributed by atoms with E-state index in [9.17, 15) is 32.7 Å². The molecule has 2 aliphatic heterocycles. The van der Waals surface area contributed by atoms with Crippen molar-refractivity contribution < 1.29 is 42.2 Å². The van der Waals surface area contributed by atoms with Crippen LogP contribution in [0.15, 0.2) is 30.4 Å². The first-order chi connectivity index (χ1) is 22.9. The summed E-state index contributed by atoms with van der Waals surface area (Å²) in [6.07, 6.45) is 5.43. The summed E-state index contributed by atoms with van der Waals surface area (Å²) in [5, 5.41) is 13.9. The Kier molecular flexibility index (Phi) is 9.40. The van der Waals surface area contributed by atoms with Gasteiger partial charge in [-0.15, -0.1) is 0 Å². The topological polar surface area (TPSA) is 206 Å². The van der Waals surface area contributed by atoms with Gasteiger partial charge in [-0.1, -0.05) is 36.6 Å². The van der Waals surface area contributed by atoms with E-state index < -0.39 is 68.7 Å². The van der Waals surface area contributed by atoms with Crippen molar-refractivity contribution in [1.29, 1.82) is 0 Å². The number of carbonyl (C=O) groups excluding carboxylic acids is 3. The van der Waals surface area contributed by atoms with Crippen molar-refractivity contribution in [2.75, 3.05) is 13.7 Å². The van der Waals surface area contributed by atoms with E-state index >= 15 is 0 Å². The molecule has 1 saturated heterocycles. The Labute approximate surface area is 281 Å². The Balaban J connectivity index is 1.30. The highest BCUT2D eigenvalue weighted by atomic mass is 35.5. The van der Waals surface area contributed by atoms with Crippen molar-refractivity contribution in [3.05, 3.63) is 35.5 Å². The number of amides is 4. The summed E-state index contributed by atoms with van der Waals surface area (Å²) in [5.74, 6) is -2.11. The van der Waals surface area contributed by atoms with E-state index in [0.717, 1.165) is 6.42 Å². The van der Waals surface area contributed by atoms with Gasteiger partial charge in [0.25, 0.3) is 11.8 Å². The zero-order valence-corrected chi connectivity index (χ0v) is 27.8. The Bertz CT molecular complexity index is 1770. The number of hydrogen-bond acceptors (Lipinski definition) is 10. The second-order valence-corrected chi connectivity index (χ2v) is 15.0. The number of carbonyl (C=O) groups is 4. The molecule has 3 fully saturated rings. The number of halogens is 1. The molecule has 4 amide bonds. The smallest absolute Gasteiger partial charge is 0.405 e. The molecular formula is C31H37ClN6O9S. The molecule has 0 spiro atoms. The Hall–Kier alpha value is -4.18. The number of methoxy groups -OCH3 is 1. The van der Waals surface area contributed by atoms with Crippen LogP contribution in [0, 0.1) is 5.92 Å². The number of allylic oxidation sites excluding steroid dienone is 1.